The Balaban J connectivity index is 1.58. The van der Waals surface area contributed by atoms with Crippen LogP contribution in [0.3, 0.4) is 0 Å². The van der Waals surface area contributed by atoms with Crippen molar-refractivity contribution < 1.29 is 14.3 Å². The largest absolute Gasteiger partial charge is 0.492 e. The average molecular weight is 453 g/mol. The van der Waals surface area contributed by atoms with Gasteiger partial charge in [0.1, 0.15) is 12.4 Å². The van der Waals surface area contributed by atoms with Gasteiger partial charge < -0.3 is 15.0 Å². The van der Waals surface area contributed by atoms with Crippen molar-refractivity contribution in [1.29, 1.82) is 0 Å². The summed E-state index contributed by atoms with van der Waals surface area (Å²) >= 11 is 0. The number of hydrogen-bond donors (Lipinski definition) is 1. The van der Waals surface area contributed by atoms with E-state index in [9.17, 15) is 9.59 Å². The Bertz CT molecular complexity index is 1130. The van der Waals surface area contributed by atoms with Gasteiger partial charge in [-0.3, -0.25) is 9.59 Å². The first-order chi connectivity index (χ1) is 16.6. The van der Waals surface area contributed by atoms with Gasteiger partial charge in [-0.1, -0.05) is 42.5 Å². The van der Waals surface area contributed by atoms with Crippen LogP contribution in [0.2, 0.25) is 0 Å². The van der Waals surface area contributed by atoms with Crippen molar-refractivity contribution in [3.63, 3.8) is 0 Å². The summed E-state index contributed by atoms with van der Waals surface area (Å²) in [6.07, 6.45) is 12.9. The SMILES string of the molecule is CNCCOc1ccc(C(=O)N2CC(=Cc3cc#ccc3)C(=O)C(=CC3C=CC=CC3)C2)cc1. The number of likely N-dealkylation sites (tertiary alicyclic amines) is 1. The summed E-state index contributed by atoms with van der Waals surface area (Å²) in [7, 11) is 1.87. The summed E-state index contributed by atoms with van der Waals surface area (Å²) < 4.78 is 5.66. The number of rotatable bonds is 7. The number of hydrogen-bond acceptors (Lipinski definition) is 4. The topological polar surface area (TPSA) is 58.6 Å². The van der Waals surface area contributed by atoms with Crippen molar-refractivity contribution in [2.75, 3.05) is 33.3 Å². The van der Waals surface area contributed by atoms with E-state index in [-0.39, 0.29) is 30.7 Å². The summed E-state index contributed by atoms with van der Waals surface area (Å²) in [5, 5.41) is 3.03. The molecule has 1 atom stereocenters. The third-order valence-corrected chi connectivity index (χ3v) is 5.77. The van der Waals surface area contributed by atoms with E-state index < -0.39 is 0 Å². The minimum atomic E-state index is -0.113. The van der Waals surface area contributed by atoms with Crippen molar-refractivity contribution in [3.05, 3.63) is 107 Å². The number of carbonyl (C=O) groups excluding carboxylic acids is 2. The Morgan fingerprint density at radius 2 is 1.97 bits per heavy atom. The molecule has 4 rings (SSSR count). The first kappa shape index (κ1) is 23.3. The fraction of sp³-hybridized carbons (Fsp3) is 0.241. The monoisotopic (exact) mass is 452 g/mol. The molecule has 0 bridgehead atoms. The van der Waals surface area contributed by atoms with Crippen LogP contribution in [0, 0.1) is 18.1 Å². The molecule has 1 aliphatic heterocycles. The number of ether oxygens (including phenoxy) is 1. The number of benzene rings is 1. The van der Waals surface area contributed by atoms with Crippen LogP contribution in [0.25, 0.3) is 6.08 Å². The molecule has 172 valence electrons. The van der Waals surface area contributed by atoms with Gasteiger partial charge in [-0.05, 0) is 73.5 Å². The quantitative estimate of drug-likeness (QED) is 0.509. The molecular weight excluding hydrogens is 424 g/mol. The standard InChI is InChI=1S/C29H28N2O3/c1-30-16-17-34-27-14-12-24(13-15-27)29(33)31-20-25(18-22-8-4-2-5-9-22)28(32)26(21-31)19-23-10-6-3-7-11-23/h2,4-6,8,10-15,18-19,22,30H,9,16-17,20-21H2,1H3. The van der Waals surface area contributed by atoms with E-state index in [4.69, 9.17) is 4.74 Å². The number of carbonyl (C=O) groups is 2. The number of nitrogens with one attached hydrogen (secondary N) is 1. The van der Waals surface area contributed by atoms with E-state index in [1.165, 1.54) is 0 Å². The summed E-state index contributed by atoms with van der Waals surface area (Å²) in [6.45, 7) is 1.85. The first-order valence-electron chi connectivity index (χ1n) is 11.5. The number of nitrogens with zero attached hydrogens (tertiary/aromatic N) is 1. The highest BCUT2D eigenvalue weighted by Crippen LogP contribution is 2.25. The fourth-order valence-electron chi connectivity index (χ4n) is 3.98. The van der Waals surface area contributed by atoms with Crippen LogP contribution in [0.5, 0.6) is 5.75 Å². The van der Waals surface area contributed by atoms with E-state index in [1.54, 1.807) is 41.3 Å². The summed E-state index contributed by atoms with van der Waals surface area (Å²) in [5.74, 6) is 0.747. The van der Waals surface area contributed by atoms with Gasteiger partial charge in [0.25, 0.3) is 5.91 Å². The predicted octanol–water partition coefficient (Wildman–Crippen LogP) is 4.05. The minimum absolute atomic E-state index is 0.00637. The Kier molecular flexibility index (Phi) is 7.75. The molecule has 0 radical (unpaired) electrons. The number of likely N-dealkylation sites (N-methyl/N-ethyl adjacent to an activating group) is 1. The normalized spacial score (nSPS) is 20.0. The van der Waals surface area contributed by atoms with Gasteiger partial charge in [0.2, 0.25) is 0 Å². The summed E-state index contributed by atoms with van der Waals surface area (Å²) in [6, 6.07) is 18.4. The van der Waals surface area contributed by atoms with E-state index in [1.807, 2.05) is 37.4 Å². The van der Waals surface area contributed by atoms with E-state index in [2.05, 4.69) is 29.6 Å². The minimum Gasteiger partial charge on any atom is -0.492 e. The zero-order valence-corrected chi connectivity index (χ0v) is 19.3. The molecule has 2 aromatic carbocycles. The van der Waals surface area contributed by atoms with E-state index in [0.29, 0.717) is 23.3 Å². The lowest BCUT2D eigenvalue weighted by atomic mass is 9.90. The number of ketones is 1. The lowest BCUT2D eigenvalue weighted by Crippen LogP contribution is -2.41. The third-order valence-electron chi connectivity index (χ3n) is 5.77. The molecule has 0 aromatic heterocycles. The van der Waals surface area contributed by atoms with Crippen molar-refractivity contribution >= 4 is 17.8 Å². The Hall–Kier alpha value is -3.88. The molecule has 1 heterocycles. The van der Waals surface area contributed by atoms with Gasteiger partial charge >= 0.3 is 0 Å². The zero-order chi connectivity index (χ0) is 23.8. The molecule has 1 unspecified atom stereocenters. The molecule has 2 aromatic rings. The van der Waals surface area contributed by atoms with Crippen LogP contribution < -0.4 is 10.1 Å². The van der Waals surface area contributed by atoms with Gasteiger partial charge in [-0.15, -0.1) is 0 Å². The van der Waals surface area contributed by atoms with Crippen LogP contribution in [0.15, 0.2) is 84.0 Å². The van der Waals surface area contributed by atoms with Gasteiger partial charge in [-0.2, -0.15) is 0 Å². The number of piperidine rings is 1. The lowest BCUT2D eigenvalue weighted by Gasteiger charge is -2.30. The molecule has 1 saturated heterocycles. The highest BCUT2D eigenvalue weighted by atomic mass is 16.5. The molecule has 0 spiro atoms. The molecule has 0 saturated carbocycles. The maximum atomic E-state index is 13.4. The van der Waals surface area contributed by atoms with Crippen LogP contribution in [0.1, 0.15) is 22.3 Å². The molecule has 5 nitrogen and oxygen atoms in total. The molecule has 5 heteroatoms. The zero-order valence-electron chi connectivity index (χ0n) is 19.3. The summed E-state index contributed by atoms with van der Waals surface area (Å²) in [4.78, 5) is 28.4. The van der Waals surface area contributed by atoms with E-state index in [0.717, 1.165) is 24.3 Å². The van der Waals surface area contributed by atoms with Gasteiger partial charge in [0.05, 0.1) is 6.54 Å². The molecule has 1 amide bonds. The Labute approximate surface area is 201 Å². The lowest BCUT2D eigenvalue weighted by molar-refractivity contribution is -0.113. The molecular formula is C29H28N2O3. The Morgan fingerprint density at radius 3 is 2.68 bits per heavy atom. The van der Waals surface area contributed by atoms with Gasteiger partial charge in [0, 0.05) is 29.8 Å². The maximum absolute atomic E-state index is 13.4. The molecule has 1 aliphatic carbocycles. The van der Waals surface area contributed by atoms with Gasteiger partial charge in [-0.25, -0.2) is 0 Å². The highest BCUT2D eigenvalue weighted by molar-refractivity contribution is 6.13. The van der Waals surface area contributed by atoms with Crippen LogP contribution in [-0.4, -0.2) is 49.9 Å². The maximum Gasteiger partial charge on any atom is 0.254 e. The van der Waals surface area contributed by atoms with Crippen LogP contribution >= 0.6 is 0 Å². The molecule has 2 aliphatic rings. The number of Topliss-reactive ketones (excluding diaryl/α,β-unsaturated/α-hetero) is 1. The van der Waals surface area contributed by atoms with Crippen LogP contribution in [0.4, 0.5) is 0 Å². The third kappa shape index (κ3) is 5.92. The van der Waals surface area contributed by atoms with Crippen LogP contribution in [-0.2, 0) is 4.79 Å². The average Bonchev–Trinajstić information content (AvgIpc) is 2.88. The van der Waals surface area contributed by atoms with Crippen molar-refractivity contribution in [1.82, 2.24) is 10.2 Å². The predicted molar refractivity (Wildman–Crippen MR) is 133 cm³/mol. The number of amides is 1. The molecule has 1 fully saturated rings. The smallest absolute Gasteiger partial charge is 0.254 e. The first-order valence-corrected chi connectivity index (χ1v) is 11.5. The fourth-order valence-corrected chi connectivity index (χ4v) is 3.98. The second-order valence-electron chi connectivity index (χ2n) is 8.31. The van der Waals surface area contributed by atoms with Gasteiger partial charge in [0.15, 0.2) is 5.78 Å². The molecule has 1 N–H and O–H groups in total. The highest BCUT2D eigenvalue weighted by Gasteiger charge is 2.30. The van der Waals surface area contributed by atoms with Crippen molar-refractivity contribution in [2.24, 2.45) is 5.92 Å². The van der Waals surface area contributed by atoms with Crippen molar-refractivity contribution in [3.8, 4) is 5.75 Å². The summed E-state index contributed by atoms with van der Waals surface area (Å²) in [5.41, 5.74) is 2.67. The van der Waals surface area contributed by atoms with Crippen molar-refractivity contribution in [2.45, 2.75) is 6.42 Å². The second kappa shape index (κ2) is 11.3. The van der Waals surface area contributed by atoms with E-state index >= 15 is 0 Å². The second-order valence-corrected chi connectivity index (χ2v) is 8.31. The number of allylic oxidation sites excluding steroid dienone is 5. The Morgan fingerprint density at radius 1 is 1.15 bits per heavy atom. The molecule has 34 heavy (non-hydrogen) atoms.